The second kappa shape index (κ2) is 51.5. The van der Waals surface area contributed by atoms with E-state index in [1.165, 1.54) is 304 Å². The molecule has 0 atom stereocenters. The van der Waals surface area contributed by atoms with Gasteiger partial charge >= 0.3 is 19.5 Å². The van der Waals surface area contributed by atoms with Crippen molar-refractivity contribution in [2.75, 3.05) is 0 Å². The number of rotatable bonds is 46. The van der Waals surface area contributed by atoms with Gasteiger partial charge in [-0.1, -0.05) is 424 Å². The average molecular weight is 2020 g/mol. The maximum absolute atomic E-state index is 6.17. The van der Waals surface area contributed by atoms with Gasteiger partial charge in [0.15, 0.2) is 0 Å². The van der Waals surface area contributed by atoms with Crippen molar-refractivity contribution in [3.63, 3.8) is 0 Å². The summed E-state index contributed by atoms with van der Waals surface area (Å²) in [6, 6.07) is 43.8. The number of allylic oxidation sites excluding steroid dienone is 8. The molecule has 0 unspecified atom stereocenters. The SMILES string of the molecule is CCCCCCC1=C(C)c2nc1cc1[n-]c(c(C)c1CCCCCC)c(-c1ccc(/C=C/c3ccc(-c4c5nc(cc6[nH]c(c(C)c6CCCCCC)c(-c6cc(C(C)(C)C)cc(C(C)(C)C)c6)c6nc(cc7[nH]c4c(C)c7CCCCCC)C(CCCCCC)=C6C)C(CCCCCC)=C5C)cc3)cc1)c1nc(cc3[n-]c(c(C)c3CCCCCC)c2-c2cc(C(C)(C)C)cc(C(C)(C)C)c2)C(CCCCCC)=C1C.[Zn+2]. The van der Waals surface area contributed by atoms with Crippen molar-refractivity contribution < 1.29 is 19.5 Å². The monoisotopic (exact) mass is 2020 g/mol. The van der Waals surface area contributed by atoms with Crippen LogP contribution in [-0.2, 0) is 66.8 Å². The van der Waals surface area contributed by atoms with E-state index in [0.717, 1.165) is 209 Å². The van der Waals surface area contributed by atoms with E-state index in [1.807, 2.05) is 0 Å². The van der Waals surface area contributed by atoms with Crippen LogP contribution in [0.3, 0.4) is 0 Å². The first kappa shape index (κ1) is 115. The van der Waals surface area contributed by atoms with E-state index in [4.69, 9.17) is 29.9 Å². The number of benzene rings is 4. The molecule has 2 N–H and O–H groups in total. The molecule has 780 valence electrons. The molecule has 0 spiro atoms. The molecule has 0 saturated carbocycles. The van der Waals surface area contributed by atoms with Crippen molar-refractivity contribution in [2.24, 2.45) is 0 Å². The Morgan fingerprint density at radius 2 is 0.490 bits per heavy atom. The molecule has 14 rings (SSSR count). The number of aryl methyl sites for hydroxylation is 8. The molecule has 147 heavy (non-hydrogen) atoms. The van der Waals surface area contributed by atoms with Gasteiger partial charge in [-0.15, -0.1) is 22.1 Å². The van der Waals surface area contributed by atoms with E-state index < -0.39 is 0 Å². The summed E-state index contributed by atoms with van der Waals surface area (Å²) in [5, 5.41) is 0. The van der Waals surface area contributed by atoms with Crippen LogP contribution in [-0.4, -0.2) is 29.9 Å². The Hall–Kier alpha value is -9.56. The summed E-state index contributed by atoms with van der Waals surface area (Å²) in [5.41, 5.74) is 55.0. The number of hydrogen-bond acceptors (Lipinski definition) is 4. The van der Waals surface area contributed by atoms with E-state index in [0.29, 0.717) is 0 Å². The second-order valence-corrected chi connectivity index (χ2v) is 48.5. The smallest absolute Gasteiger partial charge is 0.657 e. The summed E-state index contributed by atoms with van der Waals surface area (Å²) in [7, 11) is 0. The Morgan fingerprint density at radius 1 is 0.252 bits per heavy atom. The molecule has 0 aliphatic carbocycles. The van der Waals surface area contributed by atoms with Crippen LogP contribution in [0.5, 0.6) is 0 Å². The van der Waals surface area contributed by atoms with Crippen LogP contribution >= 0.6 is 0 Å². The third-order valence-electron chi connectivity index (χ3n) is 33.0. The molecule has 0 saturated heterocycles. The fourth-order valence-electron chi connectivity index (χ4n) is 23.3. The van der Waals surface area contributed by atoms with E-state index >= 15 is 0 Å². The van der Waals surface area contributed by atoms with Gasteiger partial charge in [-0.2, -0.15) is 0 Å². The zero-order valence-corrected chi connectivity index (χ0v) is 100. The Bertz CT molecular complexity index is 6330. The molecule has 4 aliphatic heterocycles. The summed E-state index contributed by atoms with van der Waals surface area (Å²) in [6.07, 6.45) is 49.8. The van der Waals surface area contributed by atoms with Gasteiger partial charge in [0.25, 0.3) is 0 Å². The summed E-state index contributed by atoms with van der Waals surface area (Å²) >= 11 is 0. The minimum Gasteiger partial charge on any atom is -0.657 e. The van der Waals surface area contributed by atoms with Crippen LogP contribution in [0.25, 0.3) is 145 Å². The number of hydrogen-bond donors (Lipinski definition) is 2. The number of nitrogens with one attached hydrogen (secondary N) is 2. The third kappa shape index (κ3) is 26.8. The number of unbranched alkanes of at least 4 members (excludes halogenated alkanes) is 24. The Balaban J connectivity index is 0.0000181. The van der Waals surface area contributed by atoms with Gasteiger partial charge in [0.2, 0.25) is 0 Å². The maximum Gasteiger partial charge on any atom is 2.00 e. The van der Waals surface area contributed by atoms with Crippen LogP contribution in [0.2, 0.25) is 0 Å². The molecular weight excluding hydrogens is 1830 g/mol. The molecular formula is C138H186N8Zn. The van der Waals surface area contributed by atoms with E-state index in [1.54, 1.807) is 0 Å². The molecule has 4 aromatic carbocycles. The van der Waals surface area contributed by atoms with Gasteiger partial charge in [-0.25, -0.2) is 19.9 Å². The van der Waals surface area contributed by atoms with Crippen molar-refractivity contribution in [1.82, 2.24) is 39.9 Å². The Labute approximate surface area is 903 Å². The van der Waals surface area contributed by atoms with Crippen LogP contribution in [0.1, 0.15) is 521 Å². The normalized spacial score (nSPS) is 13.4. The first-order valence-electron chi connectivity index (χ1n) is 58.5. The molecule has 0 fully saturated rings. The van der Waals surface area contributed by atoms with Crippen molar-refractivity contribution >= 4 is 101 Å². The zero-order chi connectivity index (χ0) is 105. The number of aromatic nitrogens is 8. The summed E-state index contributed by atoms with van der Waals surface area (Å²) in [6.45, 7) is 66.4. The standard InChI is InChI=1S/C138H186N8.Zn/c1-29-37-45-53-61-107-89(9)127-123(128-90(10)108(62-54-46-38-30-2)116(140-128)86-120-112(66-58-50-42-34-6)94(14)132(144-120)125(101-79-103(135(17,18)19)83-104(80-101)136(20,21)22)131-93(13)111(65-57-49-41-33-5)119(143-131)85-115(107)139-127)99-75-71-97(72-76-99)69-70-98-73-77-100(78-74-98)124-129-91(11)109(63-55-47-39-31-3)117(141-129)87-121-113(67-59-51-43-35-7)95(15)133(145-121)126(102-81-105(137(23,24)25)84-106(82-102)138(26,27)28)134-96(16)114(68-60-52-44-36-8)122(146-134)88-118-110(64-56-48-40-32-4)92(12)130(124)142-118;/h69-88,139,144H,29-68H2,1-28H3;/q-2;+2/b70-69+,115-85?,116-86?,117-87?,118-88?,119-85?,120-86?,121-87?,122-88?,127-123?,128-123?,129-124?,130-124?,131-125?,132-125?,133-126?,134-126?;. The second-order valence-electron chi connectivity index (χ2n) is 48.5. The fraction of sp³-hybridized carbons (Fsp3) is 0.522. The quantitative estimate of drug-likeness (QED) is 0.0223. The molecule has 8 nitrogen and oxygen atoms in total. The van der Waals surface area contributed by atoms with Crippen molar-refractivity contribution in [3.05, 3.63) is 233 Å². The maximum atomic E-state index is 6.17. The van der Waals surface area contributed by atoms with E-state index in [-0.39, 0.29) is 41.1 Å². The van der Waals surface area contributed by atoms with Gasteiger partial charge in [0, 0.05) is 22.2 Å². The summed E-state index contributed by atoms with van der Waals surface area (Å²) in [5.74, 6) is 0. The van der Waals surface area contributed by atoms with E-state index in [2.05, 4.69) is 325 Å². The molecule has 10 aromatic rings. The van der Waals surface area contributed by atoms with Gasteiger partial charge < -0.3 is 19.9 Å². The number of nitrogens with zero attached hydrogens (tertiary/aromatic N) is 6. The van der Waals surface area contributed by atoms with Gasteiger partial charge in [0.05, 0.1) is 56.6 Å². The van der Waals surface area contributed by atoms with Gasteiger partial charge in [0.1, 0.15) is 0 Å². The minimum absolute atomic E-state index is 0. The number of fused-ring (bicyclic) bond motifs is 16. The predicted molar refractivity (Wildman–Crippen MR) is 641 cm³/mol. The topological polar surface area (TPSA) is 111 Å². The molecule has 0 amide bonds. The fourth-order valence-corrected chi connectivity index (χ4v) is 23.3. The molecule has 4 aliphatic rings. The predicted octanol–water partition coefficient (Wildman–Crippen LogP) is 41.6. The van der Waals surface area contributed by atoms with Crippen LogP contribution in [0.15, 0.2) is 109 Å². The molecule has 0 radical (unpaired) electrons. The molecule has 16 bridgehead atoms. The van der Waals surface area contributed by atoms with Crippen molar-refractivity contribution in [2.45, 2.75) is 472 Å². The van der Waals surface area contributed by atoms with Crippen LogP contribution in [0, 0.1) is 27.7 Å². The molecule has 10 heterocycles. The van der Waals surface area contributed by atoms with Crippen molar-refractivity contribution in [3.8, 4) is 44.5 Å². The average Bonchev–Trinajstić information content (AvgIpc) is 1.59. The molecule has 6 aromatic heterocycles. The zero-order valence-electron chi connectivity index (χ0n) is 97.2. The summed E-state index contributed by atoms with van der Waals surface area (Å²) in [4.78, 5) is 45.6. The van der Waals surface area contributed by atoms with Gasteiger partial charge in [-0.05, 0) is 326 Å². The van der Waals surface area contributed by atoms with Crippen molar-refractivity contribution in [1.29, 1.82) is 0 Å². The molecule has 9 heteroatoms. The first-order valence-corrected chi connectivity index (χ1v) is 58.5. The van der Waals surface area contributed by atoms with E-state index in [9.17, 15) is 0 Å². The van der Waals surface area contributed by atoms with Crippen LogP contribution < -0.4 is 9.97 Å². The van der Waals surface area contributed by atoms with Crippen LogP contribution in [0.4, 0.5) is 0 Å². The third-order valence-corrected chi connectivity index (χ3v) is 33.0. The first-order chi connectivity index (χ1) is 70.0. The Morgan fingerprint density at radius 3 is 0.769 bits per heavy atom. The van der Waals surface area contributed by atoms with Gasteiger partial charge in [-0.3, -0.25) is 0 Å². The number of H-pyrrole nitrogens is 2. The Kier molecular flexibility index (Phi) is 40.1. The minimum atomic E-state index is -0.104. The largest absolute Gasteiger partial charge is 2.00 e. The summed E-state index contributed by atoms with van der Waals surface area (Å²) < 4.78 is 0. The number of aromatic amines is 2.